The Labute approximate surface area is 98.7 Å². The van der Waals surface area contributed by atoms with Gasteiger partial charge in [0.2, 0.25) is 0 Å². The normalized spacial score (nSPS) is 16.6. The number of anilines is 1. The smallest absolute Gasteiger partial charge is 0.308 e. The van der Waals surface area contributed by atoms with Crippen molar-refractivity contribution in [2.45, 2.75) is 32.6 Å². The number of thiazole rings is 1. The highest BCUT2D eigenvalue weighted by Crippen LogP contribution is 2.29. The van der Waals surface area contributed by atoms with E-state index in [4.69, 9.17) is 5.11 Å². The Bertz CT molecular complexity index is 366. The van der Waals surface area contributed by atoms with Gasteiger partial charge in [0.25, 0.3) is 0 Å². The van der Waals surface area contributed by atoms with Gasteiger partial charge in [-0.15, -0.1) is 11.3 Å². The molecule has 0 radical (unpaired) electrons. The van der Waals surface area contributed by atoms with E-state index < -0.39 is 5.97 Å². The fourth-order valence-corrected chi connectivity index (χ4v) is 2.81. The topological polar surface area (TPSA) is 62.2 Å². The zero-order chi connectivity index (χ0) is 11.5. The molecular formula is C11H16N2O2S. The molecule has 88 valence electrons. The number of hydrogen-bond acceptors (Lipinski definition) is 4. The van der Waals surface area contributed by atoms with Crippen LogP contribution in [0.15, 0.2) is 0 Å². The molecular weight excluding hydrogens is 224 g/mol. The monoisotopic (exact) mass is 240 g/mol. The van der Waals surface area contributed by atoms with Crippen molar-refractivity contribution in [1.29, 1.82) is 0 Å². The van der Waals surface area contributed by atoms with Crippen molar-refractivity contribution in [1.82, 2.24) is 4.98 Å². The van der Waals surface area contributed by atoms with Crippen LogP contribution in [-0.2, 0) is 17.6 Å². The SMILES string of the molecule is CC(CNc1nc2c(s1)CCCC2)C(=O)O. The minimum Gasteiger partial charge on any atom is -0.481 e. The number of nitrogens with one attached hydrogen (secondary N) is 1. The van der Waals surface area contributed by atoms with E-state index >= 15 is 0 Å². The summed E-state index contributed by atoms with van der Waals surface area (Å²) in [5.74, 6) is -1.14. The Morgan fingerprint density at radius 3 is 3.00 bits per heavy atom. The molecule has 0 amide bonds. The van der Waals surface area contributed by atoms with Gasteiger partial charge < -0.3 is 10.4 Å². The van der Waals surface area contributed by atoms with Gasteiger partial charge in [-0.2, -0.15) is 0 Å². The van der Waals surface area contributed by atoms with Gasteiger partial charge in [0, 0.05) is 11.4 Å². The van der Waals surface area contributed by atoms with Gasteiger partial charge in [0.1, 0.15) is 0 Å². The molecule has 1 aromatic rings. The summed E-state index contributed by atoms with van der Waals surface area (Å²) in [5, 5.41) is 12.7. The van der Waals surface area contributed by atoms with Crippen molar-refractivity contribution in [3.63, 3.8) is 0 Å². The molecule has 1 heterocycles. The number of carbonyl (C=O) groups is 1. The predicted molar refractivity (Wildman–Crippen MR) is 64.0 cm³/mol. The van der Waals surface area contributed by atoms with Crippen LogP contribution in [-0.4, -0.2) is 22.6 Å². The van der Waals surface area contributed by atoms with Crippen LogP contribution in [0, 0.1) is 5.92 Å². The highest BCUT2D eigenvalue weighted by Gasteiger charge is 2.16. The summed E-state index contributed by atoms with van der Waals surface area (Å²) in [7, 11) is 0. The Balaban J connectivity index is 1.95. The lowest BCUT2D eigenvalue weighted by atomic mass is 10.0. The summed E-state index contributed by atoms with van der Waals surface area (Å²) in [5.41, 5.74) is 1.21. The van der Waals surface area contributed by atoms with Gasteiger partial charge in [-0.05, 0) is 25.7 Å². The molecule has 4 nitrogen and oxygen atoms in total. The van der Waals surface area contributed by atoms with Crippen LogP contribution < -0.4 is 5.32 Å². The van der Waals surface area contributed by atoms with Crippen molar-refractivity contribution in [3.05, 3.63) is 10.6 Å². The van der Waals surface area contributed by atoms with E-state index in [0.29, 0.717) is 6.54 Å². The number of aromatic nitrogens is 1. The maximum absolute atomic E-state index is 10.7. The minimum absolute atomic E-state index is 0.374. The zero-order valence-corrected chi connectivity index (χ0v) is 10.1. The number of hydrogen-bond donors (Lipinski definition) is 2. The van der Waals surface area contributed by atoms with Gasteiger partial charge in [0.05, 0.1) is 11.6 Å². The molecule has 1 aromatic heterocycles. The Kier molecular flexibility index (Phi) is 3.43. The lowest BCUT2D eigenvalue weighted by Crippen LogP contribution is -2.19. The number of fused-ring (bicyclic) bond motifs is 1. The van der Waals surface area contributed by atoms with E-state index in [0.717, 1.165) is 18.0 Å². The van der Waals surface area contributed by atoms with E-state index in [-0.39, 0.29) is 5.92 Å². The van der Waals surface area contributed by atoms with Crippen LogP contribution in [0.25, 0.3) is 0 Å². The number of aryl methyl sites for hydroxylation is 2. The number of nitrogens with zero attached hydrogens (tertiary/aromatic N) is 1. The van der Waals surface area contributed by atoms with E-state index in [9.17, 15) is 4.79 Å². The first-order valence-corrected chi connectivity index (χ1v) is 6.43. The fraction of sp³-hybridized carbons (Fsp3) is 0.636. The van der Waals surface area contributed by atoms with Crippen LogP contribution in [0.2, 0.25) is 0 Å². The quantitative estimate of drug-likeness (QED) is 0.846. The molecule has 0 fully saturated rings. The second-order valence-corrected chi connectivity index (χ2v) is 5.30. The third kappa shape index (κ3) is 2.52. The van der Waals surface area contributed by atoms with E-state index in [1.807, 2.05) is 0 Å². The molecule has 16 heavy (non-hydrogen) atoms. The van der Waals surface area contributed by atoms with Crippen LogP contribution >= 0.6 is 11.3 Å². The standard InChI is InChI=1S/C11H16N2O2S/c1-7(10(14)15)6-12-11-13-8-4-2-3-5-9(8)16-11/h7H,2-6H2,1H3,(H,12,13)(H,14,15). The highest BCUT2D eigenvalue weighted by atomic mass is 32.1. The van der Waals surface area contributed by atoms with Crippen molar-refractivity contribution < 1.29 is 9.90 Å². The average molecular weight is 240 g/mol. The first kappa shape index (κ1) is 11.4. The number of rotatable bonds is 4. The molecule has 0 spiro atoms. The minimum atomic E-state index is -0.770. The second-order valence-electron chi connectivity index (χ2n) is 4.22. The maximum atomic E-state index is 10.7. The van der Waals surface area contributed by atoms with Gasteiger partial charge in [0.15, 0.2) is 5.13 Å². The van der Waals surface area contributed by atoms with Crippen molar-refractivity contribution in [3.8, 4) is 0 Å². The third-order valence-corrected chi connectivity index (χ3v) is 3.94. The average Bonchev–Trinajstić information content (AvgIpc) is 2.68. The summed E-state index contributed by atoms with van der Waals surface area (Å²) in [6, 6.07) is 0. The summed E-state index contributed by atoms with van der Waals surface area (Å²) >= 11 is 1.67. The molecule has 1 atom stereocenters. The number of carboxylic acid groups (broad SMARTS) is 1. The molecule has 0 bridgehead atoms. The van der Waals surface area contributed by atoms with Crippen LogP contribution in [0.5, 0.6) is 0 Å². The van der Waals surface area contributed by atoms with Crippen molar-refractivity contribution >= 4 is 22.4 Å². The molecule has 0 saturated heterocycles. The van der Waals surface area contributed by atoms with E-state index in [2.05, 4.69) is 10.3 Å². The molecule has 0 aromatic carbocycles. The predicted octanol–water partition coefficient (Wildman–Crippen LogP) is 2.15. The molecule has 1 aliphatic rings. The summed E-state index contributed by atoms with van der Waals surface area (Å²) in [4.78, 5) is 16.5. The number of aliphatic carboxylic acids is 1. The number of carboxylic acids is 1. The summed E-state index contributed by atoms with van der Waals surface area (Å²) < 4.78 is 0. The molecule has 0 saturated carbocycles. The highest BCUT2D eigenvalue weighted by molar-refractivity contribution is 7.15. The Hall–Kier alpha value is -1.10. The second kappa shape index (κ2) is 4.82. The largest absolute Gasteiger partial charge is 0.481 e. The van der Waals surface area contributed by atoms with Gasteiger partial charge in [-0.25, -0.2) is 4.98 Å². The molecule has 1 aliphatic carbocycles. The lowest BCUT2D eigenvalue weighted by molar-refractivity contribution is -0.140. The van der Waals surface area contributed by atoms with Gasteiger partial charge in [-0.3, -0.25) is 4.79 Å². The van der Waals surface area contributed by atoms with Crippen molar-refractivity contribution in [2.24, 2.45) is 5.92 Å². The Morgan fingerprint density at radius 2 is 2.31 bits per heavy atom. The third-order valence-electron chi connectivity index (χ3n) is 2.83. The van der Waals surface area contributed by atoms with Crippen LogP contribution in [0.1, 0.15) is 30.3 Å². The maximum Gasteiger partial charge on any atom is 0.308 e. The lowest BCUT2D eigenvalue weighted by Gasteiger charge is -2.06. The molecule has 2 rings (SSSR count). The molecule has 0 aliphatic heterocycles. The van der Waals surface area contributed by atoms with Crippen LogP contribution in [0.4, 0.5) is 5.13 Å². The van der Waals surface area contributed by atoms with E-state index in [1.165, 1.54) is 23.4 Å². The summed E-state index contributed by atoms with van der Waals surface area (Å²) in [6.45, 7) is 2.14. The first-order chi connectivity index (χ1) is 7.66. The van der Waals surface area contributed by atoms with Gasteiger partial charge >= 0.3 is 5.97 Å². The van der Waals surface area contributed by atoms with Crippen molar-refractivity contribution in [2.75, 3.05) is 11.9 Å². The molecule has 1 unspecified atom stereocenters. The molecule has 5 heteroatoms. The van der Waals surface area contributed by atoms with Gasteiger partial charge in [-0.1, -0.05) is 6.92 Å². The van der Waals surface area contributed by atoms with Crippen LogP contribution in [0.3, 0.4) is 0 Å². The molecule has 2 N–H and O–H groups in total. The Morgan fingerprint density at radius 1 is 1.56 bits per heavy atom. The fourth-order valence-electron chi connectivity index (χ4n) is 1.76. The summed E-state index contributed by atoms with van der Waals surface area (Å²) in [6.07, 6.45) is 4.67. The zero-order valence-electron chi connectivity index (χ0n) is 9.32. The first-order valence-electron chi connectivity index (χ1n) is 5.62. The van der Waals surface area contributed by atoms with E-state index in [1.54, 1.807) is 18.3 Å².